The van der Waals surface area contributed by atoms with E-state index in [2.05, 4.69) is 5.32 Å². The second-order valence-corrected chi connectivity index (χ2v) is 9.58. The zero-order chi connectivity index (χ0) is 24.6. The molecular weight excluding hydrogens is 468 g/mol. The van der Waals surface area contributed by atoms with Gasteiger partial charge in [0.25, 0.3) is 17.5 Å². The van der Waals surface area contributed by atoms with E-state index in [0.29, 0.717) is 4.90 Å². The number of nitrogens with one attached hydrogen (secondary N) is 1. The monoisotopic (exact) mass is 488 g/mol. The molecular formula is C21H20N4O8S. The van der Waals surface area contributed by atoms with Crippen molar-refractivity contribution in [1.29, 1.82) is 0 Å². The van der Waals surface area contributed by atoms with Crippen LogP contribution in [0.1, 0.15) is 27.6 Å². The number of ether oxygens (including phenoxy) is 1. The lowest BCUT2D eigenvalue weighted by Gasteiger charge is -2.26. The standard InChI is InChI=1S/C21H20N4O8S/c1-13(24-20(27)16-6-3-7-17(25(29)30)18(16)21(24)28)19(26)22-14-4-2-5-15(12-14)34(31,32)23-8-10-33-11-9-23/h2-7,12-13H,8-11H2,1H3,(H,22,26). The van der Waals surface area contributed by atoms with Crippen LogP contribution in [0.25, 0.3) is 0 Å². The Morgan fingerprint density at radius 3 is 2.47 bits per heavy atom. The summed E-state index contributed by atoms with van der Waals surface area (Å²) < 4.78 is 32.2. The molecule has 2 aromatic carbocycles. The fourth-order valence-corrected chi connectivity index (χ4v) is 5.28. The van der Waals surface area contributed by atoms with Gasteiger partial charge in [0.05, 0.1) is 28.6 Å². The Labute approximate surface area is 194 Å². The molecule has 178 valence electrons. The highest BCUT2D eigenvalue weighted by Gasteiger charge is 2.44. The Morgan fingerprint density at radius 2 is 1.79 bits per heavy atom. The number of nitro groups is 1. The summed E-state index contributed by atoms with van der Waals surface area (Å²) in [5.41, 5.74) is -0.894. The molecule has 13 heteroatoms. The first-order chi connectivity index (χ1) is 16.1. The lowest BCUT2D eigenvalue weighted by molar-refractivity contribution is -0.385. The van der Waals surface area contributed by atoms with Gasteiger partial charge in [-0.25, -0.2) is 8.42 Å². The molecule has 3 amide bonds. The van der Waals surface area contributed by atoms with Crippen LogP contribution in [0.2, 0.25) is 0 Å². The van der Waals surface area contributed by atoms with Gasteiger partial charge in [0, 0.05) is 24.8 Å². The van der Waals surface area contributed by atoms with E-state index in [1.165, 1.54) is 47.6 Å². The van der Waals surface area contributed by atoms with Crippen LogP contribution < -0.4 is 5.32 Å². The number of amides is 3. The van der Waals surface area contributed by atoms with Crippen LogP contribution in [0, 0.1) is 10.1 Å². The third-order valence-corrected chi connectivity index (χ3v) is 7.49. The summed E-state index contributed by atoms with van der Waals surface area (Å²) in [5.74, 6) is -2.54. The molecule has 0 bridgehead atoms. The number of rotatable bonds is 6. The van der Waals surface area contributed by atoms with Crippen molar-refractivity contribution in [3.63, 3.8) is 0 Å². The molecule has 0 aliphatic carbocycles. The van der Waals surface area contributed by atoms with E-state index >= 15 is 0 Å². The first kappa shape index (κ1) is 23.5. The molecule has 1 saturated heterocycles. The van der Waals surface area contributed by atoms with Gasteiger partial charge in [-0.2, -0.15) is 4.31 Å². The zero-order valence-corrected chi connectivity index (χ0v) is 18.8. The van der Waals surface area contributed by atoms with E-state index in [9.17, 15) is 32.9 Å². The normalized spacial score (nSPS) is 17.4. The third-order valence-electron chi connectivity index (χ3n) is 5.60. The largest absolute Gasteiger partial charge is 0.379 e. The Morgan fingerprint density at radius 1 is 1.12 bits per heavy atom. The highest BCUT2D eigenvalue weighted by molar-refractivity contribution is 7.89. The number of nitrogens with zero attached hydrogens (tertiary/aromatic N) is 3. The van der Waals surface area contributed by atoms with Crippen LogP contribution in [0.5, 0.6) is 0 Å². The van der Waals surface area contributed by atoms with Crippen LogP contribution in [0.3, 0.4) is 0 Å². The van der Waals surface area contributed by atoms with E-state index in [0.717, 1.165) is 6.07 Å². The van der Waals surface area contributed by atoms with Gasteiger partial charge in [0.15, 0.2) is 0 Å². The molecule has 1 atom stereocenters. The lowest BCUT2D eigenvalue weighted by Crippen LogP contribution is -2.45. The van der Waals surface area contributed by atoms with Crippen molar-refractivity contribution in [2.24, 2.45) is 0 Å². The molecule has 34 heavy (non-hydrogen) atoms. The second-order valence-electron chi connectivity index (χ2n) is 7.65. The molecule has 4 rings (SSSR count). The fourth-order valence-electron chi connectivity index (χ4n) is 3.82. The SMILES string of the molecule is CC(C(=O)Nc1cccc(S(=O)(=O)N2CCOCC2)c1)N1C(=O)c2cccc([N+](=O)[O-])c2C1=O. The Bertz CT molecular complexity index is 1300. The molecule has 12 nitrogen and oxygen atoms in total. The highest BCUT2D eigenvalue weighted by Crippen LogP contribution is 2.32. The summed E-state index contributed by atoms with van der Waals surface area (Å²) >= 11 is 0. The number of imide groups is 1. The number of nitro benzene ring substituents is 1. The quantitative estimate of drug-likeness (QED) is 0.362. The first-order valence-electron chi connectivity index (χ1n) is 10.3. The van der Waals surface area contributed by atoms with Gasteiger partial charge in [-0.3, -0.25) is 29.4 Å². The Kier molecular flexibility index (Phi) is 6.17. The first-order valence-corrected chi connectivity index (χ1v) is 11.7. The number of carbonyl (C=O) groups excluding carboxylic acids is 3. The Hall–Kier alpha value is -3.68. The number of hydrogen-bond acceptors (Lipinski definition) is 8. The van der Waals surface area contributed by atoms with Crippen molar-refractivity contribution in [2.75, 3.05) is 31.6 Å². The van der Waals surface area contributed by atoms with Gasteiger partial charge in [-0.05, 0) is 31.2 Å². The topological polar surface area (TPSA) is 156 Å². The van der Waals surface area contributed by atoms with Gasteiger partial charge in [0.1, 0.15) is 11.6 Å². The molecule has 2 aliphatic heterocycles. The van der Waals surface area contributed by atoms with E-state index in [4.69, 9.17) is 4.74 Å². The van der Waals surface area contributed by atoms with Crippen LogP contribution in [0.4, 0.5) is 11.4 Å². The summed E-state index contributed by atoms with van der Waals surface area (Å²) in [4.78, 5) is 49.6. The van der Waals surface area contributed by atoms with E-state index < -0.39 is 44.4 Å². The number of sulfonamides is 1. The number of benzene rings is 2. The maximum atomic E-state index is 12.9. The molecule has 0 spiro atoms. The number of carbonyl (C=O) groups is 3. The average Bonchev–Trinajstić information content (AvgIpc) is 3.09. The van der Waals surface area contributed by atoms with Crippen molar-refractivity contribution < 1.29 is 32.5 Å². The summed E-state index contributed by atoms with van der Waals surface area (Å²) in [5, 5.41) is 13.8. The van der Waals surface area contributed by atoms with Gasteiger partial charge in [0.2, 0.25) is 15.9 Å². The molecule has 0 aromatic heterocycles. The van der Waals surface area contributed by atoms with Crippen molar-refractivity contribution in [1.82, 2.24) is 9.21 Å². The average molecular weight is 488 g/mol. The Balaban J connectivity index is 1.54. The fraction of sp³-hybridized carbons (Fsp3) is 0.286. The lowest BCUT2D eigenvalue weighted by atomic mass is 10.1. The summed E-state index contributed by atoms with van der Waals surface area (Å²) in [7, 11) is -3.80. The predicted octanol–water partition coefficient (Wildman–Crippen LogP) is 1.24. The molecule has 2 heterocycles. The molecule has 1 fully saturated rings. The van der Waals surface area contributed by atoms with Crippen LogP contribution in [0.15, 0.2) is 47.4 Å². The smallest absolute Gasteiger partial charge is 0.282 e. The van der Waals surface area contributed by atoms with E-state index in [-0.39, 0.29) is 48.0 Å². The molecule has 1 unspecified atom stereocenters. The highest BCUT2D eigenvalue weighted by atomic mass is 32.2. The maximum absolute atomic E-state index is 12.9. The van der Waals surface area contributed by atoms with Crippen molar-refractivity contribution in [3.05, 3.63) is 63.7 Å². The zero-order valence-electron chi connectivity index (χ0n) is 18.0. The van der Waals surface area contributed by atoms with E-state index in [1.807, 2.05) is 0 Å². The van der Waals surface area contributed by atoms with E-state index in [1.54, 1.807) is 0 Å². The number of anilines is 1. The minimum absolute atomic E-state index is 0.0313. The third kappa shape index (κ3) is 4.04. The van der Waals surface area contributed by atoms with Gasteiger partial charge in [-0.15, -0.1) is 0 Å². The number of morpholine rings is 1. The van der Waals surface area contributed by atoms with Gasteiger partial charge in [-0.1, -0.05) is 12.1 Å². The van der Waals surface area contributed by atoms with Crippen molar-refractivity contribution in [3.8, 4) is 0 Å². The molecule has 0 radical (unpaired) electrons. The molecule has 1 N–H and O–H groups in total. The minimum Gasteiger partial charge on any atom is -0.379 e. The second kappa shape index (κ2) is 8.93. The maximum Gasteiger partial charge on any atom is 0.282 e. The predicted molar refractivity (Wildman–Crippen MR) is 118 cm³/mol. The number of hydrogen-bond donors (Lipinski definition) is 1. The van der Waals surface area contributed by atoms with Crippen molar-refractivity contribution >= 4 is 39.1 Å². The van der Waals surface area contributed by atoms with Crippen LogP contribution in [-0.2, 0) is 19.6 Å². The minimum atomic E-state index is -3.80. The number of fused-ring (bicyclic) bond motifs is 1. The van der Waals surface area contributed by atoms with Gasteiger partial charge >= 0.3 is 0 Å². The molecule has 0 saturated carbocycles. The van der Waals surface area contributed by atoms with Crippen LogP contribution in [-0.4, -0.2) is 72.6 Å². The molecule has 2 aliphatic rings. The molecule has 2 aromatic rings. The van der Waals surface area contributed by atoms with Gasteiger partial charge < -0.3 is 10.1 Å². The summed E-state index contributed by atoms with van der Waals surface area (Å²) in [6.07, 6.45) is 0. The summed E-state index contributed by atoms with van der Waals surface area (Å²) in [6, 6.07) is 7.97. The van der Waals surface area contributed by atoms with Crippen LogP contribution >= 0.6 is 0 Å². The van der Waals surface area contributed by atoms with Crippen molar-refractivity contribution in [2.45, 2.75) is 17.9 Å². The summed E-state index contributed by atoms with van der Waals surface area (Å²) in [6.45, 7) is 2.29.